The van der Waals surface area contributed by atoms with E-state index in [1.165, 1.54) is 31.2 Å². The van der Waals surface area contributed by atoms with E-state index >= 15 is 0 Å². The summed E-state index contributed by atoms with van der Waals surface area (Å²) in [6.07, 6.45) is 5.20. The van der Waals surface area contributed by atoms with Crippen LogP contribution in [-0.4, -0.2) is 7.05 Å². The Labute approximate surface area is 110 Å². The molecule has 1 aliphatic rings. The van der Waals surface area contributed by atoms with Crippen LogP contribution in [0.25, 0.3) is 0 Å². The zero-order valence-electron chi connectivity index (χ0n) is 11.7. The highest BCUT2D eigenvalue weighted by Crippen LogP contribution is 2.46. The summed E-state index contributed by atoms with van der Waals surface area (Å²) in [7, 11) is 2.01. The number of halogens is 1. The van der Waals surface area contributed by atoms with Crippen LogP contribution in [0.5, 0.6) is 0 Å². The maximum atomic E-state index is 13.0. The normalized spacial score (nSPS) is 24.8. The molecular formula is C16H24FN. The summed E-state index contributed by atoms with van der Waals surface area (Å²) >= 11 is 0. The van der Waals surface area contributed by atoms with E-state index in [0.29, 0.717) is 17.4 Å². The van der Waals surface area contributed by atoms with Crippen molar-refractivity contribution in [2.45, 2.75) is 45.6 Å². The molecule has 1 nitrogen and oxygen atoms in total. The molecule has 2 rings (SSSR count). The predicted molar refractivity (Wildman–Crippen MR) is 73.9 cm³/mol. The van der Waals surface area contributed by atoms with Crippen LogP contribution in [0.3, 0.4) is 0 Å². The number of benzene rings is 1. The molecule has 1 fully saturated rings. The molecule has 0 saturated heterocycles. The fraction of sp³-hybridized carbons (Fsp3) is 0.625. The van der Waals surface area contributed by atoms with E-state index in [1.54, 1.807) is 12.1 Å². The molecule has 0 spiro atoms. The Morgan fingerprint density at radius 2 is 1.89 bits per heavy atom. The lowest BCUT2D eigenvalue weighted by Crippen LogP contribution is -2.37. The summed E-state index contributed by atoms with van der Waals surface area (Å²) < 4.78 is 13.0. The molecule has 1 aliphatic carbocycles. The molecule has 0 bridgehead atoms. The molecule has 0 aliphatic heterocycles. The average Bonchev–Trinajstić information content (AvgIpc) is 2.34. The first-order valence-corrected chi connectivity index (χ1v) is 6.97. The van der Waals surface area contributed by atoms with E-state index in [1.807, 2.05) is 19.2 Å². The van der Waals surface area contributed by atoms with Gasteiger partial charge < -0.3 is 5.32 Å². The van der Waals surface area contributed by atoms with Crippen LogP contribution in [0.4, 0.5) is 4.39 Å². The zero-order valence-corrected chi connectivity index (χ0v) is 11.7. The van der Waals surface area contributed by atoms with Crippen molar-refractivity contribution in [3.8, 4) is 0 Å². The largest absolute Gasteiger partial charge is 0.313 e. The fourth-order valence-electron chi connectivity index (χ4n) is 3.41. The Morgan fingerprint density at radius 1 is 1.22 bits per heavy atom. The topological polar surface area (TPSA) is 12.0 Å². The first-order valence-electron chi connectivity index (χ1n) is 6.97. The molecule has 1 saturated carbocycles. The van der Waals surface area contributed by atoms with Gasteiger partial charge in [-0.1, -0.05) is 38.8 Å². The Balaban J connectivity index is 2.24. The molecule has 0 heterocycles. The first-order chi connectivity index (χ1) is 8.54. The highest BCUT2D eigenvalue weighted by atomic mass is 19.1. The Hall–Kier alpha value is -0.890. The molecule has 0 aromatic heterocycles. The summed E-state index contributed by atoms with van der Waals surface area (Å²) in [6.45, 7) is 4.73. The van der Waals surface area contributed by atoms with Gasteiger partial charge in [-0.15, -0.1) is 0 Å². The minimum absolute atomic E-state index is 0.156. The Kier molecular flexibility index (Phi) is 4.06. The van der Waals surface area contributed by atoms with Gasteiger partial charge in [-0.05, 0) is 48.9 Å². The molecule has 100 valence electrons. The van der Waals surface area contributed by atoms with Crippen LogP contribution in [0.15, 0.2) is 24.3 Å². The van der Waals surface area contributed by atoms with Crippen LogP contribution in [0, 0.1) is 17.2 Å². The molecule has 0 amide bonds. The summed E-state index contributed by atoms with van der Waals surface area (Å²) in [5, 5.41) is 3.44. The van der Waals surface area contributed by atoms with E-state index in [4.69, 9.17) is 0 Å². The summed E-state index contributed by atoms with van der Waals surface area (Å²) in [5.41, 5.74) is 1.57. The van der Waals surface area contributed by atoms with Crippen LogP contribution in [0.1, 0.15) is 51.1 Å². The molecule has 0 radical (unpaired) electrons. The van der Waals surface area contributed by atoms with Gasteiger partial charge in [0.25, 0.3) is 0 Å². The maximum absolute atomic E-state index is 13.0. The molecule has 1 N–H and O–H groups in total. The number of hydrogen-bond acceptors (Lipinski definition) is 1. The molecule has 2 atom stereocenters. The smallest absolute Gasteiger partial charge is 0.123 e. The summed E-state index contributed by atoms with van der Waals surface area (Å²) in [4.78, 5) is 0. The Morgan fingerprint density at radius 3 is 2.44 bits per heavy atom. The van der Waals surface area contributed by atoms with Crippen LogP contribution in [-0.2, 0) is 0 Å². The highest BCUT2D eigenvalue weighted by Gasteiger charge is 2.37. The molecule has 1 aromatic rings. The van der Waals surface area contributed by atoms with Crippen molar-refractivity contribution in [3.63, 3.8) is 0 Å². The molecular weight excluding hydrogens is 225 g/mol. The SMILES string of the molecule is CNC(c1ccc(F)cc1)C1CCCCC1(C)C. The number of hydrogen-bond donors (Lipinski definition) is 1. The van der Waals surface area contributed by atoms with Gasteiger partial charge in [0.15, 0.2) is 0 Å². The van der Waals surface area contributed by atoms with Crippen molar-refractivity contribution in [2.24, 2.45) is 11.3 Å². The van der Waals surface area contributed by atoms with Gasteiger partial charge in [-0.25, -0.2) is 4.39 Å². The van der Waals surface area contributed by atoms with E-state index in [9.17, 15) is 4.39 Å². The van der Waals surface area contributed by atoms with E-state index in [0.717, 1.165) is 0 Å². The van der Waals surface area contributed by atoms with Crippen LogP contribution >= 0.6 is 0 Å². The van der Waals surface area contributed by atoms with Gasteiger partial charge in [0.05, 0.1) is 0 Å². The maximum Gasteiger partial charge on any atom is 0.123 e. The third-order valence-corrected chi connectivity index (χ3v) is 4.53. The lowest BCUT2D eigenvalue weighted by Gasteiger charge is -2.43. The predicted octanol–water partition coefficient (Wildman–Crippen LogP) is 4.30. The standard InChI is InChI=1S/C16H24FN/c1-16(2)11-5-4-6-14(16)15(18-3)12-7-9-13(17)10-8-12/h7-10,14-15,18H,4-6,11H2,1-3H3. The highest BCUT2D eigenvalue weighted by molar-refractivity contribution is 5.21. The van der Waals surface area contributed by atoms with Crippen LogP contribution < -0.4 is 5.32 Å². The molecule has 1 aromatic carbocycles. The van der Waals surface area contributed by atoms with Gasteiger partial charge >= 0.3 is 0 Å². The number of nitrogens with one attached hydrogen (secondary N) is 1. The van der Waals surface area contributed by atoms with Crippen molar-refractivity contribution < 1.29 is 4.39 Å². The van der Waals surface area contributed by atoms with Crippen molar-refractivity contribution in [2.75, 3.05) is 7.05 Å². The number of rotatable bonds is 3. The second kappa shape index (κ2) is 5.40. The molecule has 2 heteroatoms. The third-order valence-electron chi connectivity index (χ3n) is 4.53. The second-order valence-electron chi connectivity index (χ2n) is 6.16. The minimum Gasteiger partial charge on any atom is -0.313 e. The van der Waals surface area contributed by atoms with Gasteiger partial charge in [-0.2, -0.15) is 0 Å². The average molecular weight is 249 g/mol. The van der Waals surface area contributed by atoms with Crippen molar-refractivity contribution in [1.82, 2.24) is 5.32 Å². The Bertz CT molecular complexity index is 383. The minimum atomic E-state index is -0.156. The zero-order chi connectivity index (χ0) is 13.2. The van der Waals surface area contributed by atoms with Crippen molar-refractivity contribution >= 4 is 0 Å². The van der Waals surface area contributed by atoms with Crippen LogP contribution in [0.2, 0.25) is 0 Å². The fourth-order valence-corrected chi connectivity index (χ4v) is 3.41. The first kappa shape index (κ1) is 13.5. The van der Waals surface area contributed by atoms with Crippen molar-refractivity contribution in [3.05, 3.63) is 35.6 Å². The molecule has 18 heavy (non-hydrogen) atoms. The van der Waals surface area contributed by atoms with Crippen molar-refractivity contribution in [1.29, 1.82) is 0 Å². The summed E-state index contributed by atoms with van der Waals surface area (Å²) in [6, 6.07) is 7.30. The molecule has 2 unspecified atom stereocenters. The second-order valence-corrected chi connectivity index (χ2v) is 6.16. The quantitative estimate of drug-likeness (QED) is 0.842. The third kappa shape index (κ3) is 2.74. The van der Waals surface area contributed by atoms with Gasteiger partial charge in [0.2, 0.25) is 0 Å². The monoisotopic (exact) mass is 249 g/mol. The van der Waals surface area contributed by atoms with Gasteiger partial charge in [0.1, 0.15) is 5.82 Å². The van der Waals surface area contributed by atoms with E-state index < -0.39 is 0 Å². The van der Waals surface area contributed by atoms with E-state index in [2.05, 4.69) is 19.2 Å². The lowest BCUT2D eigenvalue weighted by atomic mass is 9.65. The lowest BCUT2D eigenvalue weighted by molar-refractivity contribution is 0.101. The van der Waals surface area contributed by atoms with E-state index in [-0.39, 0.29) is 5.82 Å². The van der Waals surface area contributed by atoms with Gasteiger partial charge in [-0.3, -0.25) is 0 Å². The van der Waals surface area contributed by atoms with Gasteiger partial charge in [0, 0.05) is 6.04 Å². The summed E-state index contributed by atoms with van der Waals surface area (Å²) in [5.74, 6) is 0.471.